The summed E-state index contributed by atoms with van der Waals surface area (Å²) in [6.45, 7) is 4.16. The number of nitrogens with two attached hydrogens (primary N) is 2. The number of carbonyl (C=O) groups excluding carboxylic acids is 1. The summed E-state index contributed by atoms with van der Waals surface area (Å²) in [6.07, 6.45) is 0. The van der Waals surface area contributed by atoms with Crippen molar-refractivity contribution in [2.75, 3.05) is 23.8 Å². The van der Waals surface area contributed by atoms with Crippen molar-refractivity contribution < 1.29 is 4.79 Å². The SMILES string of the molecule is CC1CSCCN1Cc1ccc(C(N)=O)cc1N. The Kier molecular flexibility index (Phi) is 4.14. The maximum atomic E-state index is 11.1. The summed E-state index contributed by atoms with van der Waals surface area (Å²) in [6, 6.07) is 5.89. The van der Waals surface area contributed by atoms with Gasteiger partial charge in [-0.3, -0.25) is 9.69 Å². The topological polar surface area (TPSA) is 72.3 Å². The summed E-state index contributed by atoms with van der Waals surface area (Å²) in [5.41, 5.74) is 13.4. The lowest BCUT2D eigenvalue weighted by Crippen LogP contribution is -2.39. The first-order valence-corrected chi connectivity index (χ1v) is 7.23. The second-order valence-corrected chi connectivity index (χ2v) is 5.82. The zero-order chi connectivity index (χ0) is 13.1. The molecule has 2 rings (SSSR count). The van der Waals surface area contributed by atoms with Gasteiger partial charge in [0.15, 0.2) is 0 Å². The van der Waals surface area contributed by atoms with Crippen molar-refractivity contribution in [3.63, 3.8) is 0 Å². The van der Waals surface area contributed by atoms with Crippen molar-refractivity contribution in [2.45, 2.75) is 19.5 Å². The van der Waals surface area contributed by atoms with Gasteiger partial charge in [-0.25, -0.2) is 0 Å². The maximum Gasteiger partial charge on any atom is 0.248 e. The number of nitrogen functional groups attached to an aromatic ring is 1. The Balaban J connectivity index is 2.11. The summed E-state index contributed by atoms with van der Waals surface area (Å²) in [7, 11) is 0. The van der Waals surface area contributed by atoms with Crippen LogP contribution >= 0.6 is 11.8 Å². The average molecular weight is 265 g/mol. The Morgan fingerprint density at radius 3 is 2.94 bits per heavy atom. The van der Waals surface area contributed by atoms with Crippen molar-refractivity contribution in [1.82, 2.24) is 4.90 Å². The highest BCUT2D eigenvalue weighted by molar-refractivity contribution is 7.99. The zero-order valence-electron chi connectivity index (χ0n) is 10.6. The van der Waals surface area contributed by atoms with Crippen LogP contribution in [0.15, 0.2) is 18.2 Å². The van der Waals surface area contributed by atoms with E-state index in [1.807, 2.05) is 17.8 Å². The molecule has 1 heterocycles. The molecule has 1 fully saturated rings. The predicted molar refractivity (Wildman–Crippen MR) is 76.6 cm³/mol. The molecule has 18 heavy (non-hydrogen) atoms. The van der Waals surface area contributed by atoms with E-state index < -0.39 is 5.91 Å². The molecule has 98 valence electrons. The number of primary amides is 1. The van der Waals surface area contributed by atoms with E-state index in [9.17, 15) is 4.79 Å². The van der Waals surface area contributed by atoms with Gasteiger partial charge in [0.05, 0.1) is 0 Å². The van der Waals surface area contributed by atoms with Crippen LogP contribution in [0.5, 0.6) is 0 Å². The van der Waals surface area contributed by atoms with E-state index in [2.05, 4.69) is 11.8 Å². The number of thioether (sulfide) groups is 1. The molecule has 1 unspecified atom stereocenters. The first-order valence-electron chi connectivity index (χ1n) is 6.08. The molecule has 4 N–H and O–H groups in total. The quantitative estimate of drug-likeness (QED) is 0.808. The molecule has 0 radical (unpaired) electrons. The van der Waals surface area contributed by atoms with Gasteiger partial charge in [0.1, 0.15) is 0 Å². The number of hydrogen-bond donors (Lipinski definition) is 2. The molecule has 0 spiro atoms. The molecule has 1 aromatic rings. The van der Waals surface area contributed by atoms with Gasteiger partial charge in [0.25, 0.3) is 0 Å². The van der Waals surface area contributed by atoms with E-state index in [0.717, 1.165) is 18.7 Å². The van der Waals surface area contributed by atoms with Gasteiger partial charge in [-0.05, 0) is 24.6 Å². The van der Waals surface area contributed by atoms with Crippen molar-refractivity contribution in [3.8, 4) is 0 Å². The van der Waals surface area contributed by atoms with Crippen molar-refractivity contribution in [2.24, 2.45) is 5.73 Å². The summed E-state index contributed by atoms with van der Waals surface area (Å²) < 4.78 is 0. The van der Waals surface area contributed by atoms with Crippen molar-refractivity contribution >= 4 is 23.4 Å². The van der Waals surface area contributed by atoms with Crippen LogP contribution in [0.3, 0.4) is 0 Å². The Hall–Kier alpha value is -1.20. The molecule has 1 aliphatic rings. The lowest BCUT2D eigenvalue weighted by molar-refractivity contribution is 0.100. The minimum Gasteiger partial charge on any atom is -0.398 e. The van der Waals surface area contributed by atoms with Gasteiger partial charge >= 0.3 is 0 Å². The van der Waals surface area contributed by atoms with Crippen LogP contribution in [0.2, 0.25) is 0 Å². The maximum absolute atomic E-state index is 11.1. The summed E-state index contributed by atoms with van der Waals surface area (Å²) in [4.78, 5) is 13.5. The van der Waals surface area contributed by atoms with Gasteiger partial charge in [-0.1, -0.05) is 6.07 Å². The fourth-order valence-electron chi connectivity index (χ4n) is 2.11. The molecule has 1 saturated heterocycles. The largest absolute Gasteiger partial charge is 0.398 e. The second kappa shape index (κ2) is 5.63. The first kappa shape index (κ1) is 13.2. The number of hydrogen-bond acceptors (Lipinski definition) is 4. The number of amides is 1. The van der Waals surface area contributed by atoms with Gasteiger partial charge < -0.3 is 11.5 Å². The minimum absolute atomic E-state index is 0.434. The predicted octanol–water partition coefficient (Wildman–Crippen LogP) is 1.30. The molecular formula is C13H19N3OS. The molecule has 5 heteroatoms. The Morgan fingerprint density at radius 2 is 2.33 bits per heavy atom. The van der Waals surface area contributed by atoms with Crippen molar-refractivity contribution in [1.29, 1.82) is 0 Å². The van der Waals surface area contributed by atoms with E-state index in [0.29, 0.717) is 17.3 Å². The van der Waals surface area contributed by atoms with Crippen LogP contribution < -0.4 is 11.5 Å². The average Bonchev–Trinajstić information content (AvgIpc) is 2.34. The third-order valence-corrected chi connectivity index (χ3v) is 4.50. The monoisotopic (exact) mass is 265 g/mol. The normalized spacial score (nSPS) is 20.8. The molecule has 0 aromatic heterocycles. The molecule has 0 aliphatic carbocycles. The summed E-state index contributed by atoms with van der Waals surface area (Å²) >= 11 is 1.99. The van der Waals surface area contributed by atoms with Crippen LogP contribution in [0.1, 0.15) is 22.8 Å². The van der Waals surface area contributed by atoms with Gasteiger partial charge in [0, 0.05) is 41.9 Å². The number of carbonyl (C=O) groups is 1. The molecule has 1 amide bonds. The molecule has 1 aromatic carbocycles. The Bertz CT molecular complexity index is 450. The Morgan fingerprint density at radius 1 is 1.56 bits per heavy atom. The third kappa shape index (κ3) is 2.97. The van der Waals surface area contributed by atoms with Crippen LogP contribution in [-0.2, 0) is 6.54 Å². The van der Waals surface area contributed by atoms with Gasteiger partial charge in [0.2, 0.25) is 5.91 Å². The second-order valence-electron chi connectivity index (χ2n) is 4.67. The molecule has 1 atom stereocenters. The highest BCUT2D eigenvalue weighted by Gasteiger charge is 2.19. The highest BCUT2D eigenvalue weighted by Crippen LogP contribution is 2.22. The zero-order valence-corrected chi connectivity index (χ0v) is 11.4. The van der Waals surface area contributed by atoms with Crippen molar-refractivity contribution in [3.05, 3.63) is 29.3 Å². The van der Waals surface area contributed by atoms with Crippen LogP contribution in [0.25, 0.3) is 0 Å². The third-order valence-electron chi connectivity index (χ3n) is 3.31. The molecule has 0 bridgehead atoms. The van der Waals surface area contributed by atoms with E-state index in [1.54, 1.807) is 12.1 Å². The molecule has 1 aliphatic heterocycles. The number of benzene rings is 1. The number of rotatable bonds is 3. The van der Waals surface area contributed by atoms with E-state index in [-0.39, 0.29) is 0 Å². The van der Waals surface area contributed by atoms with Crippen LogP contribution in [0, 0.1) is 0 Å². The Labute approximate surface area is 112 Å². The lowest BCUT2D eigenvalue weighted by atomic mass is 10.1. The van der Waals surface area contributed by atoms with Crippen LogP contribution in [0.4, 0.5) is 5.69 Å². The van der Waals surface area contributed by atoms with Crippen LogP contribution in [-0.4, -0.2) is 34.9 Å². The lowest BCUT2D eigenvalue weighted by Gasteiger charge is -2.33. The summed E-state index contributed by atoms with van der Waals surface area (Å²) in [5.74, 6) is 1.90. The molecule has 4 nitrogen and oxygen atoms in total. The molecule has 0 saturated carbocycles. The van der Waals surface area contributed by atoms with Gasteiger partial charge in [-0.2, -0.15) is 11.8 Å². The molecular weight excluding hydrogens is 246 g/mol. The minimum atomic E-state index is -0.434. The smallest absolute Gasteiger partial charge is 0.248 e. The standard InChI is InChI=1S/C13H19N3OS/c1-9-8-18-5-4-16(9)7-11-3-2-10(13(15)17)6-12(11)14/h2-3,6,9H,4-5,7-8,14H2,1H3,(H2,15,17). The fourth-order valence-corrected chi connectivity index (χ4v) is 3.19. The van der Waals surface area contributed by atoms with E-state index in [4.69, 9.17) is 11.5 Å². The van der Waals surface area contributed by atoms with E-state index in [1.165, 1.54) is 11.5 Å². The first-order chi connectivity index (χ1) is 8.58. The van der Waals surface area contributed by atoms with E-state index >= 15 is 0 Å². The number of anilines is 1. The summed E-state index contributed by atoms with van der Waals surface area (Å²) in [5, 5.41) is 0. The fraction of sp³-hybridized carbons (Fsp3) is 0.462. The van der Waals surface area contributed by atoms with Gasteiger partial charge in [-0.15, -0.1) is 0 Å². The number of nitrogens with zero attached hydrogens (tertiary/aromatic N) is 1. The highest BCUT2D eigenvalue weighted by atomic mass is 32.2.